The summed E-state index contributed by atoms with van der Waals surface area (Å²) in [7, 11) is 0. The normalized spacial score (nSPS) is 38.4. The third-order valence-corrected chi connectivity index (χ3v) is 16.0. The van der Waals surface area contributed by atoms with Gasteiger partial charge in [-0.25, -0.2) is 0 Å². The molecule has 0 amide bonds. The van der Waals surface area contributed by atoms with E-state index in [0.717, 1.165) is 50.7 Å². The van der Waals surface area contributed by atoms with Crippen molar-refractivity contribution in [2.24, 2.45) is 67.0 Å². The quantitative estimate of drug-likeness (QED) is 0.290. The molecule has 0 saturated heterocycles. The minimum Gasteiger partial charge on any atom is -0.0683 e. The largest absolute Gasteiger partial charge is 0.0683 e. The van der Waals surface area contributed by atoms with Crippen LogP contribution < -0.4 is 0 Å². The lowest BCUT2D eigenvalue weighted by Crippen LogP contribution is -2.66. The Hall–Kier alpha value is 0. The van der Waals surface area contributed by atoms with E-state index in [2.05, 4.69) is 96.9 Å². The molecule has 0 aromatic heterocycles. The Labute approximate surface area is 288 Å². The van der Waals surface area contributed by atoms with Crippen LogP contribution in [-0.2, 0) is 0 Å². The van der Waals surface area contributed by atoms with Crippen LogP contribution in [0.15, 0.2) is 0 Å². The van der Waals surface area contributed by atoms with E-state index in [9.17, 15) is 0 Å². The highest BCUT2D eigenvalue weighted by molar-refractivity contribution is 5.19. The Morgan fingerprint density at radius 1 is 0.311 bits per heavy atom. The summed E-state index contributed by atoms with van der Waals surface area (Å²) in [6, 6.07) is 0. The van der Waals surface area contributed by atoms with Crippen LogP contribution in [0.1, 0.15) is 222 Å². The van der Waals surface area contributed by atoms with Crippen molar-refractivity contribution in [2.75, 3.05) is 0 Å². The molecule has 0 N–H and O–H groups in total. The molecule has 0 heterocycles. The first-order valence-electron chi connectivity index (χ1n) is 20.6. The van der Waals surface area contributed by atoms with E-state index in [-0.39, 0.29) is 0 Å². The van der Waals surface area contributed by atoms with E-state index >= 15 is 0 Å². The first-order valence-corrected chi connectivity index (χ1v) is 20.6. The number of hydrogen-bond donors (Lipinski definition) is 0. The molecule has 0 heteroatoms. The molecular formula is C45H90. The molecule has 0 radical (unpaired) electrons. The Balaban J connectivity index is 0.000000314. The lowest BCUT2D eigenvalue weighted by atomic mass is 9.30. The molecule has 9 fully saturated rings. The molecule has 0 unspecified atom stereocenters. The highest BCUT2D eigenvalue weighted by Gasteiger charge is 2.69. The van der Waals surface area contributed by atoms with Crippen molar-refractivity contribution < 1.29 is 0 Å². The van der Waals surface area contributed by atoms with E-state index in [4.69, 9.17) is 0 Å². The second-order valence-electron chi connectivity index (χ2n) is 20.0. The zero-order chi connectivity index (χ0) is 35.5. The average molecular weight is 631 g/mol. The van der Waals surface area contributed by atoms with Crippen LogP contribution in [0.2, 0.25) is 0 Å². The van der Waals surface area contributed by atoms with E-state index in [1.54, 1.807) is 0 Å². The van der Waals surface area contributed by atoms with Crippen LogP contribution >= 0.6 is 0 Å². The van der Waals surface area contributed by atoms with Crippen LogP contribution in [0, 0.1) is 67.0 Å². The molecule has 9 rings (SSSR count). The Morgan fingerprint density at radius 3 is 0.756 bits per heavy atom. The Bertz CT molecular complexity index is 796. The highest BCUT2D eigenvalue weighted by atomic mass is 14.7. The van der Waals surface area contributed by atoms with Gasteiger partial charge in [-0.1, -0.05) is 138 Å². The molecular weight excluding hydrogens is 540 g/mol. The van der Waals surface area contributed by atoms with Crippen LogP contribution in [0.4, 0.5) is 0 Å². The van der Waals surface area contributed by atoms with Gasteiger partial charge < -0.3 is 0 Å². The smallest absolute Gasteiger partial charge is 0.0238 e. The van der Waals surface area contributed by atoms with Crippen molar-refractivity contribution in [1.82, 2.24) is 0 Å². The van der Waals surface area contributed by atoms with Crippen LogP contribution in [0.5, 0.6) is 0 Å². The van der Waals surface area contributed by atoms with Gasteiger partial charge in [0.25, 0.3) is 0 Å². The van der Waals surface area contributed by atoms with Gasteiger partial charge in [-0.2, -0.15) is 0 Å². The van der Waals surface area contributed by atoms with E-state index < -0.39 is 0 Å². The summed E-state index contributed by atoms with van der Waals surface area (Å²) in [6.45, 7) is 46.0. The fourth-order valence-corrected chi connectivity index (χ4v) is 11.1. The number of rotatable bonds is 4. The lowest BCUT2D eigenvalue weighted by molar-refractivity contribution is -0.252. The minimum atomic E-state index is 0.524. The fourth-order valence-electron chi connectivity index (χ4n) is 11.1. The Morgan fingerprint density at radius 2 is 0.556 bits per heavy atom. The first-order chi connectivity index (χ1) is 20.6. The zero-order valence-electron chi connectivity index (χ0n) is 35.5. The third kappa shape index (κ3) is 7.76. The fraction of sp³-hybridized carbons (Fsp3) is 1.00. The van der Waals surface area contributed by atoms with Crippen molar-refractivity contribution in [1.29, 1.82) is 0 Å². The topological polar surface area (TPSA) is 0 Å². The monoisotopic (exact) mass is 631 g/mol. The molecule has 6 bridgehead atoms. The van der Waals surface area contributed by atoms with Gasteiger partial charge in [-0.15, -0.1) is 0 Å². The van der Waals surface area contributed by atoms with Gasteiger partial charge in [0.15, 0.2) is 0 Å². The second kappa shape index (κ2) is 15.3. The maximum absolute atomic E-state index is 2.46. The van der Waals surface area contributed by atoms with Gasteiger partial charge in [0.1, 0.15) is 0 Å². The zero-order valence-corrected chi connectivity index (χ0v) is 35.5. The van der Waals surface area contributed by atoms with Crippen LogP contribution in [0.25, 0.3) is 0 Å². The van der Waals surface area contributed by atoms with Crippen molar-refractivity contribution in [3.63, 3.8) is 0 Å². The standard InChI is InChI=1S/C15H28.C13H24.C11H20.3C2H6/c1-12(2)14-6-9-15(10-7-14,11-8-14)13(3,4)5;1-10(2)12-6-7-13(8-12,9-12)11(3,4)5;1-8(2)10-5-11(6-10,7-10)9(3)4;3*1-2/h12H,6-11H2,1-5H3;10H,6-9H2,1-5H3;8-9H,5-7H2,1-4H3;3*1-2H3. The lowest BCUT2D eigenvalue weighted by Gasteiger charge is -2.75. The van der Waals surface area contributed by atoms with Crippen molar-refractivity contribution in [3.8, 4) is 0 Å². The summed E-state index contributed by atoms with van der Waals surface area (Å²) < 4.78 is 0. The minimum absolute atomic E-state index is 0.524. The first kappa shape index (κ1) is 43.0. The van der Waals surface area contributed by atoms with E-state index in [0.29, 0.717) is 16.2 Å². The SMILES string of the molecule is CC.CC.CC.CC(C)C12CC(C(C)C)(C1)C2.CC(C)C12CCC(C(C)(C)C)(C1)C2.CC(C)C12CCC(C(C)(C)C)(CC1)CC2. The molecule has 9 aliphatic carbocycles. The van der Waals surface area contributed by atoms with Gasteiger partial charge >= 0.3 is 0 Å². The van der Waals surface area contributed by atoms with Gasteiger partial charge in [0, 0.05) is 0 Å². The summed E-state index contributed by atoms with van der Waals surface area (Å²) in [5, 5.41) is 0. The predicted molar refractivity (Wildman–Crippen MR) is 207 cm³/mol. The molecule has 0 aromatic rings. The summed E-state index contributed by atoms with van der Waals surface area (Å²) in [5.74, 6) is 3.67. The second-order valence-corrected chi connectivity index (χ2v) is 20.0. The maximum Gasteiger partial charge on any atom is -0.0238 e. The summed E-state index contributed by atoms with van der Waals surface area (Å²) in [4.78, 5) is 0. The molecule has 9 aliphatic rings. The van der Waals surface area contributed by atoms with Crippen LogP contribution in [-0.4, -0.2) is 0 Å². The Kier molecular flexibility index (Phi) is 14.6. The molecule has 9 saturated carbocycles. The van der Waals surface area contributed by atoms with Crippen molar-refractivity contribution >= 4 is 0 Å². The van der Waals surface area contributed by atoms with E-state index in [1.165, 1.54) is 83.5 Å². The molecule has 0 nitrogen and oxygen atoms in total. The average Bonchev–Trinajstić information content (AvgIpc) is 3.51. The summed E-state index contributed by atoms with van der Waals surface area (Å²) in [5.41, 5.74) is 5.58. The van der Waals surface area contributed by atoms with Gasteiger partial charge in [0.05, 0.1) is 0 Å². The van der Waals surface area contributed by atoms with E-state index in [1.807, 2.05) is 41.5 Å². The van der Waals surface area contributed by atoms with Crippen molar-refractivity contribution in [2.45, 2.75) is 222 Å². The number of hydrogen-bond acceptors (Lipinski definition) is 0. The maximum atomic E-state index is 2.46. The van der Waals surface area contributed by atoms with Gasteiger partial charge in [0.2, 0.25) is 0 Å². The molecule has 0 aliphatic heterocycles. The number of fused-ring (bicyclic) bond motifs is 4. The highest BCUT2D eigenvalue weighted by Crippen LogP contribution is 2.78. The molecule has 0 spiro atoms. The molecule has 0 aromatic carbocycles. The molecule has 45 heavy (non-hydrogen) atoms. The molecule has 270 valence electrons. The molecule has 0 atom stereocenters. The summed E-state index contributed by atoms with van der Waals surface area (Å²) in [6.07, 6.45) is 19.6. The van der Waals surface area contributed by atoms with Gasteiger partial charge in [-0.05, 0) is 150 Å². The van der Waals surface area contributed by atoms with Crippen molar-refractivity contribution in [3.05, 3.63) is 0 Å². The summed E-state index contributed by atoms with van der Waals surface area (Å²) >= 11 is 0. The van der Waals surface area contributed by atoms with Gasteiger partial charge in [-0.3, -0.25) is 0 Å². The third-order valence-electron chi connectivity index (χ3n) is 16.0. The predicted octanol–water partition coefficient (Wildman–Crippen LogP) is 15.8. The van der Waals surface area contributed by atoms with Crippen LogP contribution in [0.3, 0.4) is 0 Å².